The summed E-state index contributed by atoms with van der Waals surface area (Å²) in [5, 5.41) is 0. The number of carbonyl (C=O) groups excluding carboxylic acids is 1. The van der Waals surface area contributed by atoms with Gasteiger partial charge in [0.25, 0.3) is 0 Å². The van der Waals surface area contributed by atoms with Crippen LogP contribution in [0.4, 0.5) is 0 Å². The molecule has 16 heavy (non-hydrogen) atoms. The fraction of sp³-hybridized carbons (Fsp3) is 0.929. The minimum Gasteiger partial charge on any atom is -0.460 e. The molecule has 0 unspecified atom stereocenters. The fourth-order valence-electron chi connectivity index (χ4n) is 2.80. The third kappa shape index (κ3) is 2.78. The smallest absolute Gasteiger partial charge is 0.312 e. The van der Waals surface area contributed by atoms with Crippen LogP contribution in [0.5, 0.6) is 0 Å². The van der Waals surface area contributed by atoms with E-state index < -0.39 is 0 Å². The molecule has 0 aromatic heterocycles. The van der Waals surface area contributed by atoms with Crippen LogP contribution in [0.3, 0.4) is 0 Å². The molecule has 0 spiro atoms. The Morgan fingerprint density at radius 1 is 1.25 bits per heavy atom. The van der Waals surface area contributed by atoms with Crippen molar-refractivity contribution in [3.63, 3.8) is 0 Å². The molecule has 2 saturated carbocycles. The molecule has 2 aliphatic carbocycles. The molecule has 0 aromatic carbocycles. The first kappa shape index (κ1) is 11.9. The van der Waals surface area contributed by atoms with Gasteiger partial charge in [-0.3, -0.25) is 4.79 Å². The monoisotopic (exact) mass is 224 g/mol. The second-order valence-electron chi connectivity index (χ2n) is 6.64. The van der Waals surface area contributed by atoms with Gasteiger partial charge in [-0.25, -0.2) is 0 Å². The van der Waals surface area contributed by atoms with E-state index in [-0.39, 0.29) is 17.0 Å². The van der Waals surface area contributed by atoms with Gasteiger partial charge in [-0.1, -0.05) is 25.7 Å². The van der Waals surface area contributed by atoms with Gasteiger partial charge in [-0.05, 0) is 46.0 Å². The predicted molar refractivity (Wildman–Crippen MR) is 64.1 cm³/mol. The maximum atomic E-state index is 12.1. The lowest BCUT2D eigenvalue weighted by Crippen LogP contribution is -2.30. The van der Waals surface area contributed by atoms with Crippen LogP contribution in [-0.2, 0) is 9.53 Å². The zero-order valence-corrected chi connectivity index (χ0v) is 10.8. The summed E-state index contributed by atoms with van der Waals surface area (Å²) >= 11 is 0. The van der Waals surface area contributed by atoms with Gasteiger partial charge in [-0.15, -0.1) is 0 Å². The number of hydrogen-bond donors (Lipinski definition) is 0. The zero-order chi connectivity index (χ0) is 11.8. The third-order valence-corrected chi connectivity index (χ3v) is 3.84. The molecule has 0 saturated heterocycles. The van der Waals surface area contributed by atoms with E-state index >= 15 is 0 Å². The second kappa shape index (κ2) is 4.05. The highest BCUT2D eigenvalue weighted by molar-refractivity contribution is 5.80. The summed E-state index contributed by atoms with van der Waals surface area (Å²) in [7, 11) is 0. The van der Waals surface area contributed by atoms with E-state index in [0.717, 1.165) is 25.2 Å². The van der Waals surface area contributed by atoms with Gasteiger partial charge < -0.3 is 4.74 Å². The summed E-state index contributed by atoms with van der Waals surface area (Å²) in [5.74, 6) is 0.849. The van der Waals surface area contributed by atoms with Crippen molar-refractivity contribution in [3.8, 4) is 0 Å². The molecule has 92 valence electrons. The second-order valence-corrected chi connectivity index (χ2v) is 6.64. The van der Waals surface area contributed by atoms with Crippen molar-refractivity contribution in [1.82, 2.24) is 0 Å². The highest BCUT2D eigenvalue weighted by atomic mass is 16.6. The summed E-state index contributed by atoms with van der Waals surface area (Å²) < 4.78 is 5.54. The molecule has 0 aromatic rings. The van der Waals surface area contributed by atoms with Crippen LogP contribution in [0.15, 0.2) is 0 Å². The molecule has 2 fully saturated rings. The summed E-state index contributed by atoms with van der Waals surface area (Å²) in [4.78, 5) is 12.1. The standard InChI is InChI=1S/C14H24O2/c1-13(2,3)16-12(15)14(8-9-14)10-11-6-4-5-7-11/h11H,4-10H2,1-3H3. The van der Waals surface area contributed by atoms with Crippen LogP contribution in [0.1, 0.15) is 65.7 Å². The maximum Gasteiger partial charge on any atom is 0.312 e. The van der Waals surface area contributed by atoms with E-state index in [2.05, 4.69) is 0 Å². The van der Waals surface area contributed by atoms with E-state index in [0.29, 0.717) is 0 Å². The Morgan fingerprint density at radius 2 is 1.81 bits per heavy atom. The molecule has 0 atom stereocenters. The van der Waals surface area contributed by atoms with E-state index in [1.54, 1.807) is 0 Å². The van der Waals surface area contributed by atoms with Crippen LogP contribution < -0.4 is 0 Å². The van der Waals surface area contributed by atoms with Crippen molar-refractivity contribution in [2.24, 2.45) is 11.3 Å². The van der Waals surface area contributed by atoms with Gasteiger partial charge in [0.15, 0.2) is 0 Å². The Bertz CT molecular complexity index is 265. The van der Waals surface area contributed by atoms with Gasteiger partial charge in [0.05, 0.1) is 5.41 Å². The van der Waals surface area contributed by atoms with Gasteiger partial charge in [0.2, 0.25) is 0 Å². The number of hydrogen-bond acceptors (Lipinski definition) is 2. The summed E-state index contributed by atoms with van der Waals surface area (Å²) in [6.45, 7) is 5.86. The van der Waals surface area contributed by atoms with Gasteiger partial charge >= 0.3 is 5.97 Å². The molecule has 2 aliphatic rings. The van der Waals surface area contributed by atoms with Crippen molar-refractivity contribution in [1.29, 1.82) is 0 Å². The first-order chi connectivity index (χ1) is 7.41. The Kier molecular flexibility index (Phi) is 3.02. The minimum absolute atomic E-state index is 0.0619. The highest BCUT2D eigenvalue weighted by Gasteiger charge is 2.53. The van der Waals surface area contributed by atoms with E-state index in [4.69, 9.17) is 4.74 Å². The first-order valence-electron chi connectivity index (χ1n) is 6.65. The predicted octanol–water partition coefficient (Wildman–Crippen LogP) is 3.69. The lowest BCUT2D eigenvalue weighted by Gasteiger charge is -2.25. The largest absolute Gasteiger partial charge is 0.460 e. The number of ether oxygens (including phenoxy) is 1. The quantitative estimate of drug-likeness (QED) is 0.683. The zero-order valence-electron chi connectivity index (χ0n) is 10.8. The summed E-state index contributed by atoms with van der Waals surface area (Å²) in [6, 6.07) is 0. The molecular weight excluding hydrogens is 200 g/mol. The van der Waals surface area contributed by atoms with Crippen molar-refractivity contribution in [2.75, 3.05) is 0 Å². The van der Waals surface area contributed by atoms with Crippen LogP contribution >= 0.6 is 0 Å². The molecule has 0 radical (unpaired) electrons. The van der Waals surface area contributed by atoms with E-state index in [9.17, 15) is 4.79 Å². The molecule has 0 amide bonds. The molecule has 0 bridgehead atoms. The van der Waals surface area contributed by atoms with Gasteiger partial charge in [-0.2, -0.15) is 0 Å². The van der Waals surface area contributed by atoms with Crippen molar-refractivity contribution in [2.45, 2.75) is 71.3 Å². The first-order valence-corrected chi connectivity index (χ1v) is 6.65. The van der Waals surface area contributed by atoms with E-state index in [1.165, 1.54) is 25.7 Å². The number of carbonyl (C=O) groups is 1. The van der Waals surface area contributed by atoms with Gasteiger partial charge in [0.1, 0.15) is 5.60 Å². The number of esters is 1. The Balaban J connectivity index is 1.89. The van der Waals surface area contributed by atoms with Crippen LogP contribution in [0.2, 0.25) is 0 Å². The van der Waals surface area contributed by atoms with Crippen LogP contribution in [-0.4, -0.2) is 11.6 Å². The lowest BCUT2D eigenvalue weighted by molar-refractivity contribution is -0.162. The molecular formula is C14H24O2. The molecule has 0 N–H and O–H groups in total. The molecule has 2 rings (SSSR count). The SMILES string of the molecule is CC(C)(C)OC(=O)C1(CC2CCCC2)CC1. The maximum absolute atomic E-state index is 12.1. The van der Waals surface area contributed by atoms with Crippen molar-refractivity contribution < 1.29 is 9.53 Å². The van der Waals surface area contributed by atoms with Crippen molar-refractivity contribution >= 4 is 5.97 Å². The Hall–Kier alpha value is -0.530. The molecule has 0 aliphatic heterocycles. The van der Waals surface area contributed by atoms with Crippen molar-refractivity contribution in [3.05, 3.63) is 0 Å². The van der Waals surface area contributed by atoms with E-state index in [1.807, 2.05) is 20.8 Å². The number of rotatable bonds is 3. The average molecular weight is 224 g/mol. The van der Waals surface area contributed by atoms with Crippen LogP contribution in [0, 0.1) is 11.3 Å². The Morgan fingerprint density at radius 3 is 2.25 bits per heavy atom. The molecule has 2 heteroatoms. The van der Waals surface area contributed by atoms with Crippen LogP contribution in [0.25, 0.3) is 0 Å². The third-order valence-electron chi connectivity index (χ3n) is 3.84. The normalized spacial score (nSPS) is 24.4. The topological polar surface area (TPSA) is 26.3 Å². The lowest BCUT2D eigenvalue weighted by atomic mass is 9.90. The van der Waals surface area contributed by atoms with Gasteiger partial charge in [0, 0.05) is 0 Å². The molecule has 2 nitrogen and oxygen atoms in total. The summed E-state index contributed by atoms with van der Waals surface area (Å²) in [6.07, 6.45) is 8.55. The fourth-order valence-corrected chi connectivity index (χ4v) is 2.80. The average Bonchev–Trinajstić information content (AvgIpc) is 2.72. The minimum atomic E-state index is -0.331. The highest BCUT2D eigenvalue weighted by Crippen LogP contribution is 2.54. The Labute approximate surface area is 98.7 Å². The molecule has 0 heterocycles. The summed E-state index contributed by atoms with van der Waals surface area (Å²) in [5.41, 5.74) is -0.412.